The van der Waals surface area contributed by atoms with Crippen molar-refractivity contribution in [3.63, 3.8) is 0 Å². The largest absolute Gasteiger partial charge is 0.487 e. The van der Waals surface area contributed by atoms with Gasteiger partial charge in [-0.2, -0.15) is 0 Å². The number of ether oxygens (including phenoxy) is 1. The third-order valence-corrected chi connectivity index (χ3v) is 5.28. The molecular formula is C24H24ClN3O2. The van der Waals surface area contributed by atoms with E-state index in [0.717, 1.165) is 30.8 Å². The summed E-state index contributed by atoms with van der Waals surface area (Å²) in [5.74, 6) is 0.526. The molecule has 3 aromatic rings. The minimum atomic E-state index is -0.101. The van der Waals surface area contributed by atoms with Gasteiger partial charge in [0.25, 0.3) is 5.56 Å². The van der Waals surface area contributed by atoms with Gasteiger partial charge in [0.15, 0.2) is 0 Å². The molecule has 0 atom stereocenters. The summed E-state index contributed by atoms with van der Waals surface area (Å²) in [4.78, 5) is 19.0. The summed E-state index contributed by atoms with van der Waals surface area (Å²) in [7, 11) is 4.15. The van der Waals surface area contributed by atoms with Crippen LogP contribution in [0.1, 0.15) is 28.8 Å². The summed E-state index contributed by atoms with van der Waals surface area (Å²) >= 11 is 5.85. The highest BCUT2D eigenvalue weighted by Crippen LogP contribution is 2.27. The number of pyridine rings is 2. The van der Waals surface area contributed by atoms with Gasteiger partial charge in [0.05, 0.1) is 10.7 Å². The molecule has 2 heterocycles. The van der Waals surface area contributed by atoms with Crippen LogP contribution in [-0.2, 0) is 19.6 Å². The van der Waals surface area contributed by atoms with Crippen molar-refractivity contribution in [2.45, 2.75) is 26.0 Å². The van der Waals surface area contributed by atoms with Gasteiger partial charge in [-0.3, -0.25) is 14.3 Å². The predicted molar refractivity (Wildman–Crippen MR) is 121 cm³/mol. The van der Waals surface area contributed by atoms with Crippen LogP contribution in [-0.4, -0.2) is 28.5 Å². The van der Waals surface area contributed by atoms with Gasteiger partial charge < -0.3 is 9.64 Å². The highest BCUT2D eigenvalue weighted by molar-refractivity contribution is 6.30. The van der Waals surface area contributed by atoms with E-state index in [-0.39, 0.29) is 12.2 Å². The molecule has 154 valence electrons. The maximum absolute atomic E-state index is 12.7. The predicted octanol–water partition coefficient (Wildman–Crippen LogP) is 4.48. The molecule has 1 aromatic carbocycles. The average molecular weight is 422 g/mol. The van der Waals surface area contributed by atoms with Crippen LogP contribution in [0.25, 0.3) is 11.8 Å². The number of allylic oxidation sites excluding steroid dienone is 1. The molecule has 4 rings (SSSR count). The molecule has 5 nitrogen and oxygen atoms in total. The number of nitrogens with zero attached hydrogens (tertiary/aromatic N) is 3. The monoisotopic (exact) mass is 421 g/mol. The first-order valence-corrected chi connectivity index (χ1v) is 10.3. The van der Waals surface area contributed by atoms with Crippen LogP contribution in [0.15, 0.2) is 59.7 Å². The molecule has 1 aliphatic rings. The highest BCUT2D eigenvalue weighted by atomic mass is 35.5. The van der Waals surface area contributed by atoms with Gasteiger partial charge >= 0.3 is 0 Å². The minimum absolute atomic E-state index is 0.101. The first-order chi connectivity index (χ1) is 14.5. The van der Waals surface area contributed by atoms with Crippen molar-refractivity contribution in [1.82, 2.24) is 14.5 Å². The molecule has 0 saturated carbocycles. The average Bonchev–Trinajstić information content (AvgIpc) is 2.73. The summed E-state index contributed by atoms with van der Waals surface area (Å²) in [5.41, 5.74) is 5.48. The third-order valence-electron chi connectivity index (χ3n) is 5.05. The molecule has 1 aliphatic carbocycles. The van der Waals surface area contributed by atoms with Gasteiger partial charge in [0.1, 0.15) is 12.4 Å². The Kier molecular flexibility index (Phi) is 6.02. The molecule has 0 unspecified atom stereocenters. The SMILES string of the molecule is CN(C)Cc1ccc2c(c1)CCC(n1ccc(OCc3ccc(Cl)cn3)cc1=O)=C2. The zero-order valence-electron chi connectivity index (χ0n) is 17.1. The number of aryl methyl sites for hydroxylation is 1. The van der Waals surface area contributed by atoms with E-state index in [1.165, 1.54) is 22.8 Å². The van der Waals surface area contributed by atoms with Gasteiger partial charge in [-0.05, 0) is 67.9 Å². The van der Waals surface area contributed by atoms with Gasteiger partial charge in [-0.25, -0.2) is 0 Å². The number of rotatable bonds is 6. The van der Waals surface area contributed by atoms with Gasteiger partial charge in [0.2, 0.25) is 0 Å². The first-order valence-electron chi connectivity index (χ1n) is 9.91. The summed E-state index contributed by atoms with van der Waals surface area (Å²) in [6, 6.07) is 13.5. The smallest absolute Gasteiger partial charge is 0.258 e. The Morgan fingerprint density at radius 1 is 1.13 bits per heavy atom. The molecule has 0 amide bonds. The van der Waals surface area contributed by atoms with Crippen molar-refractivity contribution in [2.75, 3.05) is 14.1 Å². The molecule has 6 heteroatoms. The molecule has 0 aliphatic heterocycles. The fourth-order valence-corrected chi connectivity index (χ4v) is 3.73. The van der Waals surface area contributed by atoms with E-state index < -0.39 is 0 Å². The first kappa shape index (κ1) is 20.4. The Hall–Kier alpha value is -2.89. The van der Waals surface area contributed by atoms with Crippen molar-refractivity contribution in [3.8, 4) is 5.75 Å². The summed E-state index contributed by atoms with van der Waals surface area (Å²) in [6.45, 7) is 1.21. The normalized spacial score (nSPS) is 13.1. The van der Waals surface area contributed by atoms with E-state index in [4.69, 9.17) is 16.3 Å². The molecular weight excluding hydrogens is 398 g/mol. The number of hydrogen-bond donors (Lipinski definition) is 0. The molecule has 2 aromatic heterocycles. The van der Waals surface area contributed by atoms with Gasteiger partial charge in [-0.15, -0.1) is 0 Å². The highest BCUT2D eigenvalue weighted by Gasteiger charge is 2.14. The Balaban J connectivity index is 1.50. The third kappa shape index (κ3) is 4.81. The van der Waals surface area contributed by atoms with E-state index in [1.807, 2.05) is 6.07 Å². The number of benzene rings is 1. The standard InChI is InChI=1S/C24H24ClN3O2/c1-27(2)15-17-3-4-19-12-22(8-5-18(19)11-17)28-10-9-23(13-24(28)29)30-16-21-7-6-20(25)14-26-21/h3-4,6-7,9-14H,5,8,15-16H2,1-2H3. The van der Waals surface area contributed by atoms with Crippen LogP contribution in [0.5, 0.6) is 5.75 Å². The molecule has 0 N–H and O–H groups in total. The van der Waals surface area contributed by atoms with E-state index in [1.54, 1.807) is 29.1 Å². The van der Waals surface area contributed by atoms with Crippen molar-refractivity contribution in [3.05, 3.63) is 92.6 Å². The Bertz CT molecular complexity index is 1130. The molecule has 0 spiro atoms. The Morgan fingerprint density at radius 2 is 2.00 bits per heavy atom. The Morgan fingerprint density at radius 3 is 2.73 bits per heavy atom. The molecule has 30 heavy (non-hydrogen) atoms. The lowest BCUT2D eigenvalue weighted by atomic mass is 9.93. The lowest BCUT2D eigenvalue weighted by Gasteiger charge is -2.20. The number of halogens is 1. The zero-order chi connectivity index (χ0) is 21.1. The summed E-state index contributed by atoms with van der Waals surface area (Å²) in [5, 5.41) is 0.581. The summed E-state index contributed by atoms with van der Waals surface area (Å²) in [6.07, 6.45) is 7.22. The van der Waals surface area contributed by atoms with Crippen LogP contribution in [0.3, 0.4) is 0 Å². The maximum atomic E-state index is 12.7. The van der Waals surface area contributed by atoms with Crippen molar-refractivity contribution < 1.29 is 4.74 Å². The second-order valence-electron chi connectivity index (χ2n) is 7.73. The minimum Gasteiger partial charge on any atom is -0.487 e. The fraction of sp³-hybridized carbons (Fsp3) is 0.250. The second-order valence-corrected chi connectivity index (χ2v) is 8.17. The van der Waals surface area contributed by atoms with E-state index >= 15 is 0 Å². The summed E-state index contributed by atoms with van der Waals surface area (Å²) < 4.78 is 7.41. The number of aromatic nitrogens is 2. The topological polar surface area (TPSA) is 47.4 Å². The quantitative estimate of drug-likeness (QED) is 0.588. The van der Waals surface area contributed by atoms with E-state index in [9.17, 15) is 4.79 Å². The van der Waals surface area contributed by atoms with Crippen LogP contribution in [0.4, 0.5) is 0 Å². The molecule has 0 fully saturated rings. The van der Waals surface area contributed by atoms with Crippen LogP contribution < -0.4 is 10.3 Å². The Labute approximate surface area is 181 Å². The van der Waals surface area contributed by atoms with E-state index in [0.29, 0.717) is 10.8 Å². The maximum Gasteiger partial charge on any atom is 0.258 e. The fourth-order valence-electron chi connectivity index (χ4n) is 3.62. The number of hydrogen-bond acceptors (Lipinski definition) is 4. The lowest BCUT2D eigenvalue weighted by Crippen LogP contribution is -2.19. The lowest BCUT2D eigenvalue weighted by molar-refractivity contribution is 0.300. The molecule has 0 bridgehead atoms. The van der Waals surface area contributed by atoms with Crippen molar-refractivity contribution in [1.29, 1.82) is 0 Å². The second kappa shape index (κ2) is 8.86. The van der Waals surface area contributed by atoms with Gasteiger partial charge in [-0.1, -0.05) is 29.8 Å². The van der Waals surface area contributed by atoms with Crippen LogP contribution in [0, 0.1) is 0 Å². The van der Waals surface area contributed by atoms with Crippen LogP contribution >= 0.6 is 11.6 Å². The van der Waals surface area contributed by atoms with Crippen LogP contribution in [0.2, 0.25) is 5.02 Å². The molecule has 0 radical (unpaired) electrons. The molecule has 0 saturated heterocycles. The van der Waals surface area contributed by atoms with Crippen molar-refractivity contribution in [2.24, 2.45) is 0 Å². The zero-order valence-corrected chi connectivity index (χ0v) is 17.9. The number of fused-ring (bicyclic) bond motifs is 1. The van der Waals surface area contributed by atoms with E-state index in [2.05, 4.69) is 48.3 Å². The van der Waals surface area contributed by atoms with Gasteiger partial charge in [0, 0.05) is 30.7 Å². The van der Waals surface area contributed by atoms with Crippen molar-refractivity contribution >= 4 is 23.4 Å².